The van der Waals surface area contributed by atoms with Crippen LogP contribution in [0.2, 0.25) is 10.0 Å². The van der Waals surface area contributed by atoms with Crippen LogP contribution in [0.3, 0.4) is 0 Å². The van der Waals surface area contributed by atoms with Gasteiger partial charge < -0.3 is 10.5 Å². The lowest BCUT2D eigenvalue weighted by Gasteiger charge is -2.15. The lowest BCUT2D eigenvalue weighted by molar-refractivity contribution is -0.143. The molecule has 0 aliphatic carbocycles. The number of nitrogens with two attached hydrogens (primary N) is 1. The van der Waals surface area contributed by atoms with Crippen molar-refractivity contribution >= 4 is 35.0 Å². The zero-order chi connectivity index (χ0) is 14.4. The molecule has 1 rings (SSSR count). The maximum absolute atomic E-state index is 11.5. The molecule has 0 fully saturated rings. The molecule has 0 aliphatic rings. The van der Waals surface area contributed by atoms with Gasteiger partial charge in [0.25, 0.3) is 5.91 Å². The molecule has 2 amide bonds. The molecule has 0 heterocycles. The largest absolute Gasteiger partial charge is 0.479 e. The van der Waals surface area contributed by atoms with Gasteiger partial charge in [-0.05, 0) is 25.1 Å². The fraction of sp³-hybridized carbons (Fsp3) is 0.273. The molecule has 1 atom stereocenters. The van der Waals surface area contributed by atoms with Gasteiger partial charge in [-0.1, -0.05) is 23.2 Å². The van der Waals surface area contributed by atoms with Crippen molar-refractivity contribution in [1.29, 1.82) is 0 Å². The van der Waals surface area contributed by atoms with Crippen LogP contribution in [-0.4, -0.2) is 24.5 Å². The third-order valence-corrected chi connectivity index (χ3v) is 2.48. The molecule has 0 aromatic heterocycles. The van der Waals surface area contributed by atoms with Crippen molar-refractivity contribution in [2.45, 2.75) is 13.0 Å². The highest BCUT2D eigenvalue weighted by Gasteiger charge is 2.16. The Balaban J connectivity index is 2.51. The summed E-state index contributed by atoms with van der Waals surface area (Å²) in [5.41, 5.74) is 6.87. The Bertz CT molecular complexity index is 482. The highest BCUT2D eigenvalue weighted by Crippen LogP contribution is 2.28. The molecule has 1 aromatic carbocycles. The third kappa shape index (κ3) is 5.34. The topological polar surface area (TPSA) is 90.7 Å². The van der Waals surface area contributed by atoms with Gasteiger partial charge in [0.2, 0.25) is 5.91 Å². The molecular formula is C11H12Cl2N2O4. The van der Waals surface area contributed by atoms with E-state index >= 15 is 0 Å². The molecule has 19 heavy (non-hydrogen) atoms. The lowest BCUT2D eigenvalue weighted by Crippen LogP contribution is -2.38. The van der Waals surface area contributed by atoms with Gasteiger partial charge in [0.15, 0.2) is 12.7 Å². The molecule has 104 valence electrons. The summed E-state index contributed by atoms with van der Waals surface area (Å²) in [5.74, 6) is -0.967. The summed E-state index contributed by atoms with van der Waals surface area (Å²) in [6.45, 7) is 1.08. The van der Waals surface area contributed by atoms with Crippen LogP contribution in [0.25, 0.3) is 0 Å². The highest BCUT2D eigenvalue weighted by molar-refractivity contribution is 6.35. The van der Waals surface area contributed by atoms with Crippen molar-refractivity contribution in [3.63, 3.8) is 0 Å². The van der Waals surface area contributed by atoms with Crippen molar-refractivity contribution < 1.29 is 19.2 Å². The van der Waals surface area contributed by atoms with E-state index in [1.165, 1.54) is 13.0 Å². The average Bonchev–Trinajstić information content (AvgIpc) is 2.32. The van der Waals surface area contributed by atoms with E-state index in [4.69, 9.17) is 33.7 Å². The van der Waals surface area contributed by atoms with E-state index in [-0.39, 0.29) is 5.02 Å². The molecule has 0 aliphatic heterocycles. The minimum absolute atomic E-state index is 0.283. The van der Waals surface area contributed by atoms with Crippen LogP contribution in [0.15, 0.2) is 18.2 Å². The Hall–Kier alpha value is -1.50. The Morgan fingerprint density at radius 2 is 2.11 bits per heavy atom. The van der Waals surface area contributed by atoms with Crippen LogP contribution >= 0.6 is 23.2 Å². The van der Waals surface area contributed by atoms with Gasteiger partial charge in [0, 0.05) is 5.02 Å². The van der Waals surface area contributed by atoms with Crippen LogP contribution in [0.4, 0.5) is 0 Å². The lowest BCUT2D eigenvalue weighted by atomic mass is 10.3. The van der Waals surface area contributed by atoms with Crippen molar-refractivity contribution in [1.82, 2.24) is 5.48 Å². The van der Waals surface area contributed by atoms with Crippen LogP contribution in [0.5, 0.6) is 5.75 Å². The molecular weight excluding hydrogens is 295 g/mol. The second-order valence-corrected chi connectivity index (χ2v) is 4.40. The second-order valence-electron chi connectivity index (χ2n) is 3.56. The van der Waals surface area contributed by atoms with E-state index in [0.29, 0.717) is 10.8 Å². The first-order valence-corrected chi connectivity index (χ1v) is 5.97. The number of nitrogens with one attached hydrogen (secondary N) is 1. The number of hydrogen-bond acceptors (Lipinski definition) is 4. The maximum Gasteiger partial charge on any atom is 0.284 e. The molecule has 1 aromatic rings. The Morgan fingerprint density at radius 1 is 1.42 bits per heavy atom. The maximum atomic E-state index is 11.5. The first-order valence-electron chi connectivity index (χ1n) is 5.22. The van der Waals surface area contributed by atoms with E-state index in [1.54, 1.807) is 12.1 Å². The number of carbonyl (C=O) groups excluding carboxylic acids is 2. The van der Waals surface area contributed by atoms with Crippen molar-refractivity contribution in [3.05, 3.63) is 28.2 Å². The summed E-state index contributed by atoms with van der Waals surface area (Å²) in [6.07, 6.45) is -0.869. The number of ether oxygens (including phenoxy) is 1. The van der Waals surface area contributed by atoms with Gasteiger partial charge in [0.05, 0.1) is 5.02 Å². The van der Waals surface area contributed by atoms with Gasteiger partial charge >= 0.3 is 0 Å². The number of halogens is 2. The number of carbonyl (C=O) groups is 2. The van der Waals surface area contributed by atoms with E-state index in [0.717, 1.165) is 0 Å². The number of primary amides is 1. The van der Waals surface area contributed by atoms with Crippen LogP contribution in [0.1, 0.15) is 6.92 Å². The summed E-state index contributed by atoms with van der Waals surface area (Å²) < 4.78 is 5.32. The Kier molecular flexibility index (Phi) is 5.88. The van der Waals surface area contributed by atoms with Gasteiger partial charge in [-0.2, -0.15) is 0 Å². The Labute approximate surface area is 119 Å². The normalized spacial score (nSPS) is 11.7. The molecule has 8 heteroatoms. The fourth-order valence-electron chi connectivity index (χ4n) is 1.08. The zero-order valence-electron chi connectivity index (χ0n) is 9.98. The van der Waals surface area contributed by atoms with E-state index in [2.05, 4.69) is 4.84 Å². The standard InChI is InChI=1S/C11H12Cl2N2O4/c1-6(11(17)15-18-5-10(14)16)19-9-3-2-7(12)4-8(9)13/h2-4,6H,5H2,1H3,(H2,14,16)(H,15,17). The summed E-state index contributed by atoms with van der Waals surface area (Å²) in [5, 5.41) is 0.740. The predicted molar refractivity (Wildman–Crippen MR) is 69.8 cm³/mol. The van der Waals surface area contributed by atoms with Crippen LogP contribution < -0.4 is 16.0 Å². The number of amides is 2. The summed E-state index contributed by atoms with van der Waals surface area (Å²) in [6, 6.07) is 4.61. The molecule has 1 unspecified atom stereocenters. The average molecular weight is 307 g/mol. The SMILES string of the molecule is CC(Oc1ccc(Cl)cc1Cl)C(=O)NOCC(N)=O. The molecule has 3 N–H and O–H groups in total. The first-order chi connectivity index (χ1) is 8.90. The number of benzene rings is 1. The van der Waals surface area contributed by atoms with Crippen molar-refractivity contribution in [2.75, 3.05) is 6.61 Å². The first kappa shape index (κ1) is 15.6. The van der Waals surface area contributed by atoms with E-state index in [9.17, 15) is 9.59 Å². The molecule has 0 saturated heterocycles. The number of rotatable bonds is 6. The Morgan fingerprint density at radius 3 is 2.68 bits per heavy atom. The minimum Gasteiger partial charge on any atom is -0.479 e. The van der Waals surface area contributed by atoms with Gasteiger partial charge in [-0.15, -0.1) is 0 Å². The number of hydroxylamine groups is 1. The number of hydrogen-bond donors (Lipinski definition) is 2. The molecule has 0 radical (unpaired) electrons. The fourth-order valence-corrected chi connectivity index (χ4v) is 1.53. The van der Waals surface area contributed by atoms with Gasteiger partial charge in [-0.3, -0.25) is 14.4 Å². The van der Waals surface area contributed by atoms with E-state index < -0.39 is 24.5 Å². The summed E-state index contributed by atoms with van der Waals surface area (Å²) in [4.78, 5) is 26.5. The minimum atomic E-state index is -0.869. The molecule has 0 spiro atoms. The molecule has 6 nitrogen and oxygen atoms in total. The van der Waals surface area contributed by atoms with Crippen LogP contribution in [-0.2, 0) is 14.4 Å². The van der Waals surface area contributed by atoms with Gasteiger partial charge in [-0.25, -0.2) is 5.48 Å². The smallest absolute Gasteiger partial charge is 0.284 e. The third-order valence-electron chi connectivity index (χ3n) is 1.95. The highest BCUT2D eigenvalue weighted by atomic mass is 35.5. The quantitative estimate of drug-likeness (QED) is 0.775. The van der Waals surface area contributed by atoms with Crippen LogP contribution in [0, 0.1) is 0 Å². The molecule has 0 bridgehead atoms. The van der Waals surface area contributed by atoms with Crippen molar-refractivity contribution in [3.8, 4) is 5.75 Å². The molecule has 0 saturated carbocycles. The monoisotopic (exact) mass is 306 g/mol. The van der Waals surface area contributed by atoms with Gasteiger partial charge in [0.1, 0.15) is 5.75 Å². The predicted octanol–water partition coefficient (Wildman–Crippen LogP) is 1.29. The zero-order valence-corrected chi connectivity index (χ0v) is 11.5. The summed E-state index contributed by atoms with van der Waals surface area (Å²) >= 11 is 11.6. The van der Waals surface area contributed by atoms with Crippen molar-refractivity contribution in [2.24, 2.45) is 5.73 Å². The second kappa shape index (κ2) is 7.18. The summed E-state index contributed by atoms with van der Waals surface area (Å²) in [7, 11) is 0. The van der Waals surface area contributed by atoms with E-state index in [1.807, 2.05) is 5.48 Å².